The van der Waals surface area contributed by atoms with Crippen molar-refractivity contribution in [2.45, 2.75) is 50.1 Å². The van der Waals surface area contributed by atoms with Crippen molar-refractivity contribution in [3.63, 3.8) is 0 Å². The molecule has 2 rings (SSSR count). The molecule has 136 valence electrons. The highest BCUT2D eigenvalue weighted by Crippen LogP contribution is 2.48. The topological polar surface area (TPSA) is 101 Å². The van der Waals surface area contributed by atoms with Gasteiger partial charge in [-0.1, -0.05) is 41.8 Å². The fourth-order valence-electron chi connectivity index (χ4n) is 3.71. The van der Waals surface area contributed by atoms with Gasteiger partial charge in [-0.15, -0.1) is 0 Å². The Morgan fingerprint density at radius 2 is 2.04 bits per heavy atom. The molecule has 0 radical (unpaired) electrons. The molecule has 3 N–H and O–H groups in total. The molecule has 0 aliphatic carbocycles. The number of hydrogen-bond acceptors (Lipinski definition) is 5. The van der Waals surface area contributed by atoms with Crippen LogP contribution in [0.3, 0.4) is 0 Å². The van der Waals surface area contributed by atoms with E-state index in [9.17, 15) is 19.3 Å². The summed E-state index contributed by atoms with van der Waals surface area (Å²) in [5.74, 6) is -1.78. The number of carboxylic acids is 1. The molecule has 1 aromatic rings. The Morgan fingerprint density at radius 3 is 2.56 bits per heavy atom. The van der Waals surface area contributed by atoms with Crippen LogP contribution in [0.5, 0.6) is 0 Å². The minimum atomic E-state index is -1.92. The Balaban J connectivity index is 2.41. The predicted molar refractivity (Wildman–Crippen MR) is 97.0 cm³/mol. The first kappa shape index (κ1) is 19.7. The fraction of sp³-hybridized carbons (Fsp3) is 0.556. The van der Waals surface area contributed by atoms with E-state index in [4.69, 9.17) is 5.73 Å². The zero-order valence-corrected chi connectivity index (χ0v) is 15.6. The van der Waals surface area contributed by atoms with Gasteiger partial charge in [0.2, 0.25) is 5.54 Å². The lowest BCUT2D eigenvalue weighted by atomic mass is 9.86. The number of nitrogens with two attached hydrogens (primary N) is 1. The molecule has 1 fully saturated rings. The third kappa shape index (κ3) is 3.66. The van der Waals surface area contributed by atoms with Gasteiger partial charge in [0, 0.05) is 13.0 Å². The molecule has 1 saturated heterocycles. The van der Waals surface area contributed by atoms with Crippen molar-refractivity contribution < 1.29 is 19.3 Å². The third-order valence-electron chi connectivity index (χ3n) is 4.79. The second kappa shape index (κ2) is 8.17. The van der Waals surface area contributed by atoms with Gasteiger partial charge in [-0.05, 0) is 25.5 Å². The lowest BCUT2D eigenvalue weighted by molar-refractivity contribution is -0.156. The average Bonchev–Trinajstić information content (AvgIpc) is 2.95. The van der Waals surface area contributed by atoms with Gasteiger partial charge in [-0.2, -0.15) is 0 Å². The summed E-state index contributed by atoms with van der Waals surface area (Å²) in [6.07, 6.45) is 1.40. The Morgan fingerprint density at radius 1 is 1.40 bits per heavy atom. The number of carbonyl (C=O) groups excluding carboxylic acids is 1. The molecule has 0 amide bonds. The first-order valence-corrected chi connectivity index (χ1v) is 10.1. The van der Waals surface area contributed by atoms with E-state index >= 15 is 0 Å². The number of carboxylic acid groups (broad SMARTS) is 1. The van der Waals surface area contributed by atoms with E-state index in [1.807, 2.05) is 37.3 Å². The maximum Gasteiger partial charge on any atom is 0.349 e. The summed E-state index contributed by atoms with van der Waals surface area (Å²) in [4.78, 5) is 26.8. The van der Waals surface area contributed by atoms with E-state index < -0.39 is 36.8 Å². The molecule has 1 aliphatic heterocycles. The SMILES string of the molecule is CCCN1CCC([P+](=O)Cc2ccccc2)[C@]1(C(=O)O)C(=O)[C@@H](C)N. The van der Waals surface area contributed by atoms with Crippen molar-refractivity contribution >= 4 is 19.6 Å². The summed E-state index contributed by atoms with van der Waals surface area (Å²) in [6, 6.07) is 8.39. The maximum absolute atomic E-state index is 13.1. The van der Waals surface area contributed by atoms with E-state index in [1.54, 1.807) is 4.90 Å². The van der Waals surface area contributed by atoms with E-state index in [0.29, 0.717) is 25.9 Å². The average molecular weight is 365 g/mol. The first-order valence-electron chi connectivity index (χ1n) is 8.61. The van der Waals surface area contributed by atoms with Crippen molar-refractivity contribution in [2.75, 3.05) is 13.1 Å². The van der Waals surface area contributed by atoms with Gasteiger partial charge in [-0.25, -0.2) is 4.79 Å². The van der Waals surface area contributed by atoms with Gasteiger partial charge >= 0.3 is 13.8 Å². The number of carbonyl (C=O) groups is 2. The maximum atomic E-state index is 13.1. The van der Waals surface area contributed by atoms with Crippen molar-refractivity contribution in [1.29, 1.82) is 0 Å². The van der Waals surface area contributed by atoms with Crippen LogP contribution in [0.25, 0.3) is 0 Å². The second-order valence-electron chi connectivity index (χ2n) is 6.58. The van der Waals surface area contributed by atoms with Gasteiger partial charge in [0.15, 0.2) is 17.6 Å². The second-order valence-corrected chi connectivity index (χ2v) is 8.35. The van der Waals surface area contributed by atoms with Crippen molar-refractivity contribution in [3.8, 4) is 0 Å². The summed E-state index contributed by atoms with van der Waals surface area (Å²) >= 11 is 0. The molecular formula is C18H26N2O4P+. The summed E-state index contributed by atoms with van der Waals surface area (Å²) in [5, 5.41) is 10.0. The van der Waals surface area contributed by atoms with Crippen LogP contribution in [0.1, 0.15) is 32.3 Å². The molecule has 2 unspecified atom stereocenters. The third-order valence-corrected chi connectivity index (χ3v) is 6.80. The number of Topliss-reactive ketones (excluding diaryl/α,β-unsaturated/α-hetero) is 1. The Labute approximate surface area is 149 Å². The zero-order chi connectivity index (χ0) is 18.6. The van der Waals surface area contributed by atoms with Crippen molar-refractivity contribution in [2.24, 2.45) is 5.73 Å². The van der Waals surface area contributed by atoms with E-state index in [2.05, 4.69) is 0 Å². The molecular weight excluding hydrogens is 339 g/mol. The number of likely N-dealkylation sites (tertiary alicyclic amines) is 1. The van der Waals surface area contributed by atoms with E-state index in [-0.39, 0.29) is 6.16 Å². The van der Waals surface area contributed by atoms with Crippen LogP contribution in [0, 0.1) is 0 Å². The molecule has 0 bridgehead atoms. The van der Waals surface area contributed by atoms with Gasteiger partial charge in [0.05, 0.1) is 6.04 Å². The fourth-order valence-corrected chi connectivity index (χ4v) is 5.72. The largest absolute Gasteiger partial charge is 0.479 e. The van der Waals surface area contributed by atoms with Crippen LogP contribution in [0.4, 0.5) is 0 Å². The van der Waals surface area contributed by atoms with Crippen LogP contribution < -0.4 is 5.73 Å². The molecule has 4 atom stereocenters. The van der Waals surface area contributed by atoms with Crippen molar-refractivity contribution in [1.82, 2.24) is 4.90 Å². The minimum Gasteiger partial charge on any atom is -0.479 e. The Bertz CT molecular complexity index is 650. The highest BCUT2D eigenvalue weighted by molar-refractivity contribution is 7.45. The highest BCUT2D eigenvalue weighted by Gasteiger charge is 2.67. The summed E-state index contributed by atoms with van der Waals surface area (Å²) in [7, 11) is -1.92. The van der Waals surface area contributed by atoms with Crippen LogP contribution in [-0.4, -0.2) is 52.1 Å². The van der Waals surface area contributed by atoms with Gasteiger partial charge in [-0.3, -0.25) is 9.69 Å². The quantitative estimate of drug-likeness (QED) is 0.541. The smallest absolute Gasteiger partial charge is 0.349 e. The van der Waals surface area contributed by atoms with Crippen LogP contribution in [-0.2, 0) is 20.3 Å². The molecule has 6 nitrogen and oxygen atoms in total. The lowest BCUT2D eigenvalue weighted by Gasteiger charge is -2.34. The number of ketones is 1. The zero-order valence-electron chi connectivity index (χ0n) is 14.7. The van der Waals surface area contributed by atoms with Crippen LogP contribution in [0.2, 0.25) is 0 Å². The number of hydrogen-bond donors (Lipinski definition) is 2. The number of aliphatic carboxylic acids is 1. The van der Waals surface area contributed by atoms with Gasteiger partial charge in [0.25, 0.3) is 0 Å². The molecule has 7 heteroatoms. The monoisotopic (exact) mass is 365 g/mol. The standard InChI is InChI=1S/C18H25N2O4P/c1-3-10-20-11-9-15(18(20,17(22)23)16(21)13(2)19)25(24)12-14-7-5-4-6-8-14/h4-8,13,15H,3,9-12,19H2,1-2H3/p+1/t13-,15?,18-/m1/s1. The predicted octanol–water partition coefficient (Wildman–Crippen LogP) is 2.24. The number of rotatable bonds is 8. The van der Waals surface area contributed by atoms with Crippen LogP contribution in [0.15, 0.2) is 30.3 Å². The number of nitrogens with zero attached hydrogens (tertiary/aromatic N) is 1. The molecule has 1 aliphatic rings. The molecule has 0 saturated carbocycles. The molecule has 0 aromatic heterocycles. The number of benzene rings is 1. The molecule has 0 spiro atoms. The van der Waals surface area contributed by atoms with Gasteiger partial charge < -0.3 is 10.8 Å². The van der Waals surface area contributed by atoms with Gasteiger partial charge in [0.1, 0.15) is 0 Å². The first-order chi connectivity index (χ1) is 11.9. The summed E-state index contributed by atoms with van der Waals surface area (Å²) < 4.78 is 13.1. The highest BCUT2D eigenvalue weighted by atomic mass is 31.1. The van der Waals surface area contributed by atoms with Crippen LogP contribution >= 0.6 is 7.80 Å². The Kier molecular flexibility index (Phi) is 6.44. The minimum absolute atomic E-state index is 0.266. The normalized spacial score (nSPS) is 25.6. The van der Waals surface area contributed by atoms with E-state index in [1.165, 1.54) is 6.92 Å². The summed E-state index contributed by atoms with van der Waals surface area (Å²) in [6.45, 7) is 4.34. The molecule has 25 heavy (non-hydrogen) atoms. The lowest BCUT2D eigenvalue weighted by Crippen LogP contribution is -2.65. The van der Waals surface area contributed by atoms with Crippen molar-refractivity contribution in [3.05, 3.63) is 35.9 Å². The Hall–Kier alpha value is -1.62. The van der Waals surface area contributed by atoms with E-state index in [0.717, 1.165) is 5.56 Å². The summed E-state index contributed by atoms with van der Waals surface area (Å²) in [5.41, 5.74) is 4.14. The molecule has 1 aromatic carbocycles. The molecule has 1 heterocycles.